The maximum atomic E-state index is 13.8. The fourth-order valence-electron chi connectivity index (χ4n) is 4.28. The number of benzene rings is 2. The highest BCUT2D eigenvalue weighted by Crippen LogP contribution is 2.31. The van der Waals surface area contributed by atoms with Crippen LogP contribution in [0, 0.1) is 5.82 Å². The van der Waals surface area contributed by atoms with Gasteiger partial charge in [-0.05, 0) is 72.7 Å². The van der Waals surface area contributed by atoms with Crippen LogP contribution in [0.5, 0.6) is 0 Å². The Labute approximate surface area is 205 Å². The Balaban J connectivity index is 1.65. The lowest BCUT2D eigenvalue weighted by molar-refractivity contribution is -0.153. The molecule has 188 valence electrons. The molecule has 3 aromatic rings. The molecule has 1 aliphatic rings. The summed E-state index contributed by atoms with van der Waals surface area (Å²) in [7, 11) is 0. The van der Waals surface area contributed by atoms with E-state index in [1.54, 1.807) is 0 Å². The minimum absolute atomic E-state index is 0.101. The monoisotopic (exact) mass is 500 g/mol. The highest BCUT2D eigenvalue weighted by atomic mass is 19.4. The number of fused-ring (bicyclic) bond motifs is 1. The summed E-state index contributed by atoms with van der Waals surface area (Å²) in [5.74, 6) is -1.73. The molecule has 0 spiro atoms. The average molecular weight is 500 g/mol. The van der Waals surface area contributed by atoms with Crippen molar-refractivity contribution in [2.75, 3.05) is 11.4 Å². The summed E-state index contributed by atoms with van der Waals surface area (Å²) in [5.41, 5.74) is 2.72. The molecule has 0 bridgehead atoms. The SMILES string of the molecule is CC(=O)OC(C(=O)N(CCc1ccc(C(F)(F)F)nc1)c1ccc2c(c1)CCC2)c1ccc(F)cc1. The zero-order chi connectivity index (χ0) is 25.9. The van der Waals surface area contributed by atoms with Crippen molar-refractivity contribution in [3.63, 3.8) is 0 Å². The molecule has 36 heavy (non-hydrogen) atoms. The van der Waals surface area contributed by atoms with Crippen molar-refractivity contribution in [2.45, 2.75) is 44.9 Å². The van der Waals surface area contributed by atoms with Crippen LogP contribution in [-0.4, -0.2) is 23.4 Å². The molecular weight excluding hydrogens is 476 g/mol. The Bertz CT molecular complexity index is 1240. The minimum atomic E-state index is -4.54. The van der Waals surface area contributed by atoms with Crippen LogP contribution in [0.4, 0.5) is 23.2 Å². The number of aryl methyl sites for hydroxylation is 2. The molecule has 0 radical (unpaired) electrons. The second kappa shape index (κ2) is 10.5. The Morgan fingerprint density at radius 1 is 1.03 bits per heavy atom. The molecule has 5 nitrogen and oxygen atoms in total. The van der Waals surface area contributed by atoms with Gasteiger partial charge < -0.3 is 9.64 Å². The van der Waals surface area contributed by atoms with Crippen molar-refractivity contribution < 1.29 is 31.9 Å². The molecule has 1 aromatic heterocycles. The van der Waals surface area contributed by atoms with E-state index >= 15 is 0 Å². The summed E-state index contributed by atoms with van der Waals surface area (Å²) < 4.78 is 57.5. The van der Waals surface area contributed by atoms with Gasteiger partial charge in [-0.1, -0.05) is 24.3 Å². The van der Waals surface area contributed by atoms with Crippen LogP contribution in [0.2, 0.25) is 0 Å². The fourth-order valence-corrected chi connectivity index (χ4v) is 4.28. The third kappa shape index (κ3) is 5.90. The van der Waals surface area contributed by atoms with E-state index < -0.39 is 35.7 Å². The number of anilines is 1. The number of pyridine rings is 1. The standard InChI is InChI=1S/C27H24F4N2O3/c1-17(34)36-25(20-6-9-22(28)10-7-20)26(35)33(23-11-8-19-3-2-4-21(19)15-23)14-13-18-5-12-24(32-16-18)27(29,30)31/h5-12,15-16,25H,2-4,13-14H2,1H3. The van der Waals surface area contributed by atoms with Crippen LogP contribution in [-0.2, 0) is 39.8 Å². The number of nitrogens with zero attached hydrogens (tertiary/aromatic N) is 2. The summed E-state index contributed by atoms with van der Waals surface area (Å²) in [4.78, 5) is 30.5. The normalized spacial score (nSPS) is 13.7. The van der Waals surface area contributed by atoms with Gasteiger partial charge in [0.25, 0.3) is 5.91 Å². The predicted octanol–water partition coefficient (Wildman–Crippen LogP) is 5.61. The summed E-state index contributed by atoms with van der Waals surface area (Å²) in [5, 5.41) is 0. The van der Waals surface area contributed by atoms with Crippen molar-refractivity contribution in [3.05, 3.63) is 94.6 Å². The zero-order valence-electron chi connectivity index (χ0n) is 19.5. The fraction of sp³-hybridized carbons (Fsp3) is 0.296. The number of aromatic nitrogens is 1. The van der Waals surface area contributed by atoms with Gasteiger partial charge in [-0.3, -0.25) is 14.6 Å². The molecule has 1 unspecified atom stereocenters. The van der Waals surface area contributed by atoms with Crippen LogP contribution in [0.15, 0.2) is 60.8 Å². The smallest absolute Gasteiger partial charge is 0.433 e. The molecule has 0 aliphatic heterocycles. The van der Waals surface area contributed by atoms with Gasteiger partial charge in [0.05, 0.1) is 0 Å². The van der Waals surface area contributed by atoms with E-state index in [1.807, 2.05) is 18.2 Å². The molecule has 0 N–H and O–H groups in total. The van der Waals surface area contributed by atoms with Crippen molar-refractivity contribution in [1.82, 2.24) is 4.98 Å². The van der Waals surface area contributed by atoms with Gasteiger partial charge in [0.15, 0.2) is 0 Å². The lowest BCUT2D eigenvalue weighted by Crippen LogP contribution is -2.38. The minimum Gasteiger partial charge on any atom is -0.447 e. The number of halogens is 4. The van der Waals surface area contributed by atoms with Gasteiger partial charge in [-0.15, -0.1) is 0 Å². The molecule has 4 rings (SSSR count). The Kier molecular flexibility index (Phi) is 7.37. The molecule has 1 amide bonds. The van der Waals surface area contributed by atoms with Crippen LogP contribution >= 0.6 is 0 Å². The van der Waals surface area contributed by atoms with Gasteiger partial charge in [0, 0.05) is 30.9 Å². The van der Waals surface area contributed by atoms with Crippen molar-refractivity contribution >= 4 is 17.6 Å². The maximum absolute atomic E-state index is 13.8. The predicted molar refractivity (Wildman–Crippen MR) is 125 cm³/mol. The lowest BCUT2D eigenvalue weighted by atomic mass is 10.0. The van der Waals surface area contributed by atoms with Crippen LogP contribution < -0.4 is 4.90 Å². The van der Waals surface area contributed by atoms with Gasteiger partial charge in [0.2, 0.25) is 6.10 Å². The van der Waals surface area contributed by atoms with Crippen LogP contribution in [0.25, 0.3) is 0 Å². The summed E-state index contributed by atoms with van der Waals surface area (Å²) >= 11 is 0. The first-order chi connectivity index (χ1) is 17.1. The van der Waals surface area contributed by atoms with Gasteiger partial charge >= 0.3 is 12.1 Å². The Morgan fingerprint density at radius 2 is 1.75 bits per heavy atom. The van der Waals surface area contributed by atoms with E-state index in [0.717, 1.165) is 37.1 Å². The van der Waals surface area contributed by atoms with Gasteiger partial charge in [-0.25, -0.2) is 4.39 Å². The number of carbonyl (C=O) groups excluding carboxylic acids is 2. The van der Waals surface area contributed by atoms with Crippen molar-refractivity contribution in [1.29, 1.82) is 0 Å². The van der Waals surface area contributed by atoms with E-state index in [0.29, 0.717) is 16.8 Å². The molecule has 0 fully saturated rings. The molecular formula is C27H24F4N2O3. The molecule has 1 aliphatic carbocycles. The molecule has 9 heteroatoms. The van der Waals surface area contributed by atoms with E-state index in [4.69, 9.17) is 4.74 Å². The number of rotatable bonds is 7. The zero-order valence-corrected chi connectivity index (χ0v) is 19.5. The number of alkyl halides is 3. The van der Waals surface area contributed by atoms with E-state index in [1.165, 1.54) is 47.7 Å². The van der Waals surface area contributed by atoms with Crippen molar-refractivity contribution in [3.8, 4) is 0 Å². The first kappa shape index (κ1) is 25.3. The van der Waals surface area contributed by atoms with E-state index in [-0.39, 0.29) is 13.0 Å². The van der Waals surface area contributed by atoms with E-state index in [2.05, 4.69) is 4.98 Å². The molecule has 1 atom stereocenters. The number of carbonyl (C=O) groups is 2. The second-order valence-electron chi connectivity index (χ2n) is 8.64. The van der Waals surface area contributed by atoms with E-state index in [9.17, 15) is 27.2 Å². The summed E-state index contributed by atoms with van der Waals surface area (Å²) in [6.07, 6.45) is -1.68. The van der Waals surface area contributed by atoms with Crippen molar-refractivity contribution in [2.24, 2.45) is 0 Å². The first-order valence-corrected chi connectivity index (χ1v) is 11.5. The number of hydrogen-bond donors (Lipinski definition) is 0. The third-order valence-electron chi connectivity index (χ3n) is 6.08. The highest BCUT2D eigenvalue weighted by Gasteiger charge is 2.33. The number of ether oxygens (including phenoxy) is 1. The maximum Gasteiger partial charge on any atom is 0.433 e. The molecule has 0 saturated carbocycles. The highest BCUT2D eigenvalue weighted by molar-refractivity contribution is 5.98. The quantitative estimate of drug-likeness (QED) is 0.313. The molecule has 1 heterocycles. The summed E-state index contributed by atoms with van der Waals surface area (Å²) in [6, 6.07) is 13.0. The second-order valence-corrected chi connectivity index (χ2v) is 8.64. The third-order valence-corrected chi connectivity index (χ3v) is 6.08. The Morgan fingerprint density at radius 3 is 2.39 bits per heavy atom. The molecule has 2 aromatic carbocycles. The van der Waals surface area contributed by atoms with Crippen LogP contribution in [0.3, 0.4) is 0 Å². The average Bonchev–Trinajstić information content (AvgIpc) is 3.31. The summed E-state index contributed by atoms with van der Waals surface area (Å²) in [6.45, 7) is 1.28. The topological polar surface area (TPSA) is 59.5 Å². The Hall–Kier alpha value is -3.75. The lowest BCUT2D eigenvalue weighted by Gasteiger charge is -2.28. The first-order valence-electron chi connectivity index (χ1n) is 11.5. The van der Waals surface area contributed by atoms with Gasteiger partial charge in [-0.2, -0.15) is 13.2 Å². The number of amides is 1. The van der Waals surface area contributed by atoms with Gasteiger partial charge in [0.1, 0.15) is 11.5 Å². The van der Waals surface area contributed by atoms with Crippen LogP contribution in [0.1, 0.15) is 47.4 Å². The largest absolute Gasteiger partial charge is 0.447 e. The molecule has 0 saturated heterocycles. The number of hydrogen-bond acceptors (Lipinski definition) is 4. The number of esters is 1.